The molecule has 0 aliphatic carbocycles. The van der Waals surface area contributed by atoms with Gasteiger partial charge in [0.05, 0.1) is 42.8 Å². The van der Waals surface area contributed by atoms with Gasteiger partial charge in [-0.15, -0.1) is 5.10 Å². The second-order valence-electron chi connectivity index (χ2n) is 11.5. The van der Waals surface area contributed by atoms with Crippen molar-refractivity contribution in [2.75, 3.05) is 26.4 Å². The first-order chi connectivity index (χ1) is 24.5. The first kappa shape index (κ1) is 32.5. The van der Waals surface area contributed by atoms with Crippen LogP contribution in [0.2, 0.25) is 0 Å². The Morgan fingerprint density at radius 3 is 2.20 bits per heavy atom. The van der Waals surface area contributed by atoms with E-state index in [4.69, 9.17) is 23.0 Å². The van der Waals surface area contributed by atoms with E-state index in [1.165, 1.54) is 30.3 Å². The average Bonchev–Trinajstić information content (AvgIpc) is 3.59. The van der Waals surface area contributed by atoms with Crippen LogP contribution >= 0.6 is 0 Å². The molecule has 3 aromatic heterocycles. The summed E-state index contributed by atoms with van der Waals surface area (Å²) in [5, 5.41) is 9.14. The maximum atomic E-state index is 13.5. The van der Waals surface area contributed by atoms with Crippen LogP contribution in [0, 0.1) is 5.82 Å². The summed E-state index contributed by atoms with van der Waals surface area (Å²) in [6, 6.07) is 28.7. The number of ether oxygens (including phenoxy) is 3. The topological polar surface area (TPSA) is 119 Å². The monoisotopic (exact) mass is 673 g/mol. The Kier molecular flexibility index (Phi) is 9.74. The Hall–Kier alpha value is -6.07. The molecule has 4 aromatic carbocycles. The molecule has 0 spiro atoms. The van der Waals surface area contributed by atoms with Crippen LogP contribution in [0.4, 0.5) is 4.39 Å². The summed E-state index contributed by atoms with van der Waals surface area (Å²) >= 11 is 0. The molecule has 7 aromatic rings. The van der Waals surface area contributed by atoms with Gasteiger partial charge in [0.25, 0.3) is 0 Å². The van der Waals surface area contributed by atoms with Gasteiger partial charge in [0.2, 0.25) is 0 Å². The quantitative estimate of drug-likeness (QED) is 0.112. The number of hydrogen-bond donors (Lipinski definition) is 0. The van der Waals surface area contributed by atoms with E-state index in [9.17, 15) is 14.0 Å². The number of aryl methyl sites for hydroxylation is 1. The molecule has 0 unspecified atom stereocenters. The lowest BCUT2D eigenvalue weighted by atomic mass is 10.1. The molecule has 7 rings (SSSR count). The summed E-state index contributed by atoms with van der Waals surface area (Å²) in [6.07, 6.45) is 3.33. The van der Waals surface area contributed by atoms with E-state index in [1.54, 1.807) is 47.1 Å². The molecule has 50 heavy (non-hydrogen) atoms. The molecule has 0 amide bonds. The van der Waals surface area contributed by atoms with Gasteiger partial charge in [0.1, 0.15) is 46.6 Å². The van der Waals surface area contributed by atoms with Crippen LogP contribution < -0.4 is 20.3 Å². The predicted molar refractivity (Wildman–Crippen MR) is 186 cm³/mol. The fourth-order valence-corrected chi connectivity index (χ4v) is 5.44. The zero-order chi connectivity index (χ0) is 34.3. The van der Waals surface area contributed by atoms with Crippen LogP contribution in [0.3, 0.4) is 0 Å². The van der Waals surface area contributed by atoms with E-state index >= 15 is 0 Å². The third kappa shape index (κ3) is 7.79. The molecule has 0 saturated carbocycles. The van der Waals surface area contributed by atoms with Crippen LogP contribution in [0.5, 0.6) is 11.5 Å². The van der Waals surface area contributed by atoms with Crippen LogP contribution in [-0.2, 0) is 17.7 Å². The van der Waals surface area contributed by atoms with Crippen molar-refractivity contribution < 1.29 is 27.4 Å². The van der Waals surface area contributed by atoms with Crippen LogP contribution in [0.15, 0.2) is 128 Å². The molecule has 0 bridgehead atoms. The van der Waals surface area contributed by atoms with Crippen molar-refractivity contribution in [2.45, 2.75) is 19.4 Å². The van der Waals surface area contributed by atoms with Crippen molar-refractivity contribution in [3.05, 3.63) is 141 Å². The molecule has 0 aliphatic rings. The number of fused-ring (bicyclic) bond motifs is 2. The summed E-state index contributed by atoms with van der Waals surface area (Å²) in [5.41, 5.74) is 2.80. The van der Waals surface area contributed by atoms with E-state index in [0.717, 1.165) is 17.7 Å². The van der Waals surface area contributed by atoms with E-state index in [2.05, 4.69) is 10.3 Å². The minimum atomic E-state index is -0.485. The molecule has 3 heterocycles. The van der Waals surface area contributed by atoms with Gasteiger partial charge in [-0.2, -0.15) is 0 Å². The number of halogens is 1. The van der Waals surface area contributed by atoms with Crippen molar-refractivity contribution in [1.82, 2.24) is 15.0 Å². The summed E-state index contributed by atoms with van der Waals surface area (Å²) in [6.45, 7) is 2.21. The van der Waals surface area contributed by atoms with E-state index in [0.29, 0.717) is 84.5 Å². The highest BCUT2D eigenvalue weighted by Crippen LogP contribution is 2.26. The number of rotatable bonds is 14. The molecule has 0 aliphatic heterocycles. The third-order valence-corrected chi connectivity index (χ3v) is 7.98. The summed E-state index contributed by atoms with van der Waals surface area (Å²) < 4.78 is 44.5. The number of nitrogens with zero attached hydrogens (tertiary/aromatic N) is 3. The Morgan fingerprint density at radius 2 is 1.38 bits per heavy atom. The number of benzene rings is 4. The second-order valence-corrected chi connectivity index (χ2v) is 11.5. The van der Waals surface area contributed by atoms with Crippen molar-refractivity contribution >= 4 is 21.9 Å². The van der Waals surface area contributed by atoms with Crippen molar-refractivity contribution in [3.63, 3.8) is 0 Å². The smallest absolute Gasteiger partial charge is 0.193 e. The Labute approximate surface area is 285 Å². The maximum absolute atomic E-state index is 13.5. The minimum Gasteiger partial charge on any atom is -0.493 e. The highest BCUT2D eigenvalue weighted by Gasteiger charge is 2.10. The molecule has 0 radical (unpaired) electrons. The van der Waals surface area contributed by atoms with Crippen LogP contribution in [0.25, 0.3) is 44.6 Å². The van der Waals surface area contributed by atoms with Crippen molar-refractivity contribution in [1.29, 1.82) is 0 Å². The average molecular weight is 674 g/mol. The lowest BCUT2D eigenvalue weighted by Crippen LogP contribution is -2.11. The van der Waals surface area contributed by atoms with E-state index in [-0.39, 0.29) is 16.2 Å². The highest BCUT2D eigenvalue weighted by atomic mass is 19.1. The Bertz CT molecular complexity index is 2350. The Morgan fingerprint density at radius 1 is 0.660 bits per heavy atom. The van der Waals surface area contributed by atoms with Gasteiger partial charge in [0, 0.05) is 35.5 Å². The molecule has 0 fully saturated rings. The van der Waals surface area contributed by atoms with Gasteiger partial charge < -0.3 is 23.0 Å². The van der Waals surface area contributed by atoms with Crippen molar-refractivity contribution in [2.24, 2.45) is 0 Å². The second kappa shape index (κ2) is 15.0. The van der Waals surface area contributed by atoms with Gasteiger partial charge in [0.15, 0.2) is 10.9 Å². The fraction of sp³-hybridized carbons (Fsp3) is 0.179. The zero-order valence-electron chi connectivity index (χ0n) is 26.9. The predicted octanol–water partition coefficient (Wildman–Crippen LogP) is 7.07. The largest absolute Gasteiger partial charge is 0.493 e. The summed E-state index contributed by atoms with van der Waals surface area (Å²) in [7, 11) is 0. The van der Waals surface area contributed by atoms with Gasteiger partial charge in [-0.05, 0) is 67.4 Å². The van der Waals surface area contributed by atoms with E-state index < -0.39 is 5.82 Å². The van der Waals surface area contributed by atoms with Gasteiger partial charge in [-0.3, -0.25) is 9.59 Å². The zero-order valence-corrected chi connectivity index (χ0v) is 26.9. The molecule has 10 nitrogen and oxygen atoms in total. The van der Waals surface area contributed by atoms with Gasteiger partial charge >= 0.3 is 0 Å². The fourth-order valence-electron chi connectivity index (χ4n) is 5.44. The minimum absolute atomic E-state index is 0.0980. The molecule has 11 heteroatoms. The normalized spacial score (nSPS) is 11.3. The van der Waals surface area contributed by atoms with E-state index in [1.807, 2.05) is 36.5 Å². The molecule has 252 valence electrons. The molecule has 0 N–H and O–H groups in total. The van der Waals surface area contributed by atoms with Crippen molar-refractivity contribution in [3.8, 4) is 34.1 Å². The lowest BCUT2D eigenvalue weighted by molar-refractivity contribution is 0.0923. The molecule has 0 atom stereocenters. The summed E-state index contributed by atoms with van der Waals surface area (Å²) in [4.78, 5) is 25.0. The van der Waals surface area contributed by atoms with Gasteiger partial charge in [-0.1, -0.05) is 35.5 Å². The Balaban J connectivity index is 0.809. The number of aromatic nitrogens is 3. The third-order valence-electron chi connectivity index (χ3n) is 7.98. The number of hydrogen-bond acceptors (Lipinski definition) is 9. The first-order valence-electron chi connectivity index (χ1n) is 16.2. The lowest BCUT2D eigenvalue weighted by Gasteiger charge is -2.08. The van der Waals surface area contributed by atoms with Crippen LogP contribution in [0.1, 0.15) is 12.1 Å². The standard InChI is InChI=1S/C39H32FN3O7/c40-28-10-15-36-33(21-28)35(45)24-38(49-36)27-8-11-30(12-9-27)48-20-19-46-18-16-43-25-29(41-42-43)7-4-17-47-31-13-14-32-34(44)23-37(50-39(32)22-31)26-5-2-1-3-6-26/h1-3,5-6,8-15,21-25H,4,7,16-20H2. The first-order valence-corrected chi connectivity index (χ1v) is 16.2. The maximum Gasteiger partial charge on any atom is 0.193 e. The summed E-state index contributed by atoms with van der Waals surface area (Å²) in [5.74, 6) is 1.70. The highest BCUT2D eigenvalue weighted by molar-refractivity contribution is 5.80. The van der Waals surface area contributed by atoms with Crippen LogP contribution in [-0.4, -0.2) is 41.4 Å². The molecular formula is C39H32FN3O7. The molecular weight excluding hydrogens is 641 g/mol. The molecule has 0 saturated heterocycles. The SMILES string of the molecule is O=c1cc(-c2ccccc2)oc2cc(OCCCc3cn(CCOCCOc4ccc(-c5cc(=O)c6cc(F)ccc6o5)cc4)nn3)ccc12. The van der Waals surface area contributed by atoms with Gasteiger partial charge in [-0.25, -0.2) is 9.07 Å².